The number of hydrogen-bond donors (Lipinski definition) is 1. The summed E-state index contributed by atoms with van der Waals surface area (Å²) in [6, 6.07) is 12.1. The average molecular weight is 339 g/mol. The first-order valence-corrected chi connectivity index (χ1v) is 8.72. The predicted octanol–water partition coefficient (Wildman–Crippen LogP) is 3.29. The Balaban J connectivity index is 1.68. The van der Waals surface area contributed by atoms with Crippen molar-refractivity contribution >= 4 is 17.5 Å². The lowest BCUT2D eigenvalue weighted by Gasteiger charge is -2.20. The van der Waals surface area contributed by atoms with Crippen LogP contribution in [-0.2, 0) is 9.59 Å². The summed E-state index contributed by atoms with van der Waals surface area (Å²) in [4.78, 5) is 26.2. The molecular formula is C20H25N3O2. The first-order chi connectivity index (χ1) is 11.9. The van der Waals surface area contributed by atoms with Crippen LogP contribution in [0.15, 0.2) is 36.4 Å². The molecule has 1 aliphatic heterocycles. The Kier molecular flexibility index (Phi) is 4.66. The molecule has 2 heterocycles. The van der Waals surface area contributed by atoms with E-state index < -0.39 is 0 Å². The van der Waals surface area contributed by atoms with Gasteiger partial charge in [0.25, 0.3) is 0 Å². The second kappa shape index (κ2) is 6.75. The molecular weight excluding hydrogens is 314 g/mol. The number of rotatable bonds is 4. The van der Waals surface area contributed by atoms with Gasteiger partial charge in [0.05, 0.1) is 5.92 Å². The summed E-state index contributed by atoms with van der Waals surface area (Å²) in [5.74, 6) is -0.301. The number of aryl methyl sites for hydroxylation is 2. The monoisotopic (exact) mass is 339 g/mol. The van der Waals surface area contributed by atoms with Gasteiger partial charge in [0, 0.05) is 41.8 Å². The SMILES string of the molecule is Cc1ccc(C)n1-c1ccc(NC(=O)[C@H]2CC(=O)N(C(C)C)C2)cc1. The van der Waals surface area contributed by atoms with Crippen LogP contribution in [0.3, 0.4) is 0 Å². The molecule has 0 unspecified atom stereocenters. The van der Waals surface area contributed by atoms with Gasteiger partial charge in [-0.3, -0.25) is 9.59 Å². The maximum Gasteiger partial charge on any atom is 0.229 e. The van der Waals surface area contributed by atoms with Crippen LogP contribution in [0, 0.1) is 19.8 Å². The van der Waals surface area contributed by atoms with Gasteiger partial charge in [0.15, 0.2) is 0 Å². The highest BCUT2D eigenvalue weighted by molar-refractivity contribution is 5.97. The zero-order valence-electron chi connectivity index (χ0n) is 15.2. The van der Waals surface area contributed by atoms with E-state index in [1.54, 1.807) is 4.90 Å². The number of amides is 2. The Hall–Kier alpha value is -2.56. The van der Waals surface area contributed by atoms with Crippen LogP contribution < -0.4 is 5.32 Å². The fourth-order valence-electron chi connectivity index (χ4n) is 3.42. The number of likely N-dealkylation sites (tertiary alicyclic amines) is 1. The summed E-state index contributed by atoms with van der Waals surface area (Å²) in [5, 5.41) is 2.94. The number of carbonyl (C=O) groups is 2. The topological polar surface area (TPSA) is 54.3 Å². The molecule has 2 amide bonds. The molecule has 132 valence electrons. The minimum absolute atomic E-state index is 0.0593. The molecule has 1 fully saturated rings. The van der Waals surface area contributed by atoms with Gasteiger partial charge in [-0.1, -0.05) is 0 Å². The Bertz CT molecular complexity index is 770. The minimum Gasteiger partial charge on any atom is -0.339 e. The summed E-state index contributed by atoms with van der Waals surface area (Å²) in [6.45, 7) is 8.59. The molecule has 1 N–H and O–H groups in total. The van der Waals surface area contributed by atoms with Crippen LogP contribution in [0.4, 0.5) is 5.69 Å². The molecule has 1 aromatic carbocycles. The van der Waals surface area contributed by atoms with Crippen molar-refractivity contribution in [1.82, 2.24) is 9.47 Å². The molecule has 0 bridgehead atoms. The predicted molar refractivity (Wildman–Crippen MR) is 98.8 cm³/mol. The lowest BCUT2D eigenvalue weighted by atomic mass is 10.1. The van der Waals surface area contributed by atoms with Gasteiger partial charge in [-0.15, -0.1) is 0 Å². The van der Waals surface area contributed by atoms with Crippen LogP contribution in [0.1, 0.15) is 31.7 Å². The molecule has 1 aliphatic rings. The molecule has 1 saturated heterocycles. The van der Waals surface area contributed by atoms with Crippen LogP contribution in [-0.4, -0.2) is 33.9 Å². The Labute approximate surface area is 148 Å². The van der Waals surface area contributed by atoms with E-state index in [-0.39, 0.29) is 23.8 Å². The van der Waals surface area contributed by atoms with Gasteiger partial charge in [-0.05, 0) is 64.1 Å². The maximum absolute atomic E-state index is 12.5. The molecule has 2 aromatic rings. The van der Waals surface area contributed by atoms with Crippen molar-refractivity contribution < 1.29 is 9.59 Å². The van der Waals surface area contributed by atoms with Crippen molar-refractivity contribution in [1.29, 1.82) is 0 Å². The molecule has 0 radical (unpaired) electrons. The van der Waals surface area contributed by atoms with E-state index in [0.29, 0.717) is 13.0 Å². The fourth-order valence-corrected chi connectivity index (χ4v) is 3.42. The third-order valence-electron chi connectivity index (χ3n) is 4.82. The summed E-state index contributed by atoms with van der Waals surface area (Å²) in [7, 11) is 0. The van der Waals surface area contributed by atoms with Crippen LogP contribution in [0.25, 0.3) is 5.69 Å². The molecule has 1 atom stereocenters. The van der Waals surface area contributed by atoms with Crippen LogP contribution in [0.2, 0.25) is 0 Å². The van der Waals surface area contributed by atoms with E-state index in [1.807, 2.05) is 38.1 Å². The molecule has 0 saturated carbocycles. The third kappa shape index (κ3) is 3.45. The fraction of sp³-hybridized carbons (Fsp3) is 0.400. The van der Waals surface area contributed by atoms with Crippen LogP contribution >= 0.6 is 0 Å². The zero-order valence-corrected chi connectivity index (χ0v) is 15.2. The first kappa shape index (κ1) is 17.3. The third-order valence-corrected chi connectivity index (χ3v) is 4.82. The van der Waals surface area contributed by atoms with Crippen molar-refractivity contribution in [2.75, 3.05) is 11.9 Å². The Morgan fingerprint density at radius 3 is 2.20 bits per heavy atom. The number of aromatic nitrogens is 1. The van der Waals surface area contributed by atoms with Crippen LogP contribution in [0.5, 0.6) is 0 Å². The molecule has 1 aromatic heterocycles. The first-order valence-electron chi connectivity index (χ1n) is 8.72. The molecule has 5 nitrogen and oxygen atoms in total. The molecule has 0 aliphatic carbocycles. The highest BCUT2D eigenvalue weighted by atomic mass is 16.2. The van der Waals surface area contributed by atoms with E-state index in [2.05, 4.69) is 35.9 Å². The van der Waals surface area contributed by atoms with Gasteiger partial charge in [0.2, 0.25) is 11.8 Å². The minimum atomic E-state index is -0.275. The Morgan fingerprint density at radius 2 is 1.68 bits per heavy atom. The number of anilines is 1. The number of hydrogen-bond acceptors (Lipinski definition) is 2. The second-order valence-corrected chi connectivity index (χ2v) is 7.03. The number of carbonyl (C=O) groups excluding carboxylic acids is 2. The van der Waals surface area contributed by atoms with Gasteiger partial charge in [-0.2, -0.15) is 0 Å². The van der Waals surface area contributed by atoms with Gasteiger partial charge < -0.3 is 14.8 Å². The van der Waals surface area contributed by atoms with Crippen molar-refractivity contribution in [3.05, 3.63) is 47.8 Å². The number of nitrogens with one attached hydrogen (secondary N) is 1. The molecule has 5 heteroatoms. The summed E-state index contributed by atoms with van der Waals surface area (Å²) in [6.07, 6.45) is 0.295. The van der Waals surface area contributed by atoms with Crippen molar-refractivity contribution in [2.24, 2.45) is 5.92 Å². The highest BCUT2D eigenvalue weighted by Crippen LogP contribution is 2.23. The van der Waals surface area contributed by atoms with E-state index in [4.69, 9.17) is 0 Å². The highest BCUT2D eigenvalue weighted by Gasteiger charge is 2.35. The van der Waals surface area contributed by atoms with E-state index in [0.717, 1.165) is 11.4 Å². The second-order valence-electron chi connectivity index (χ2n) is 7.03. The zero-order chi connectivity index (χ0) is 18.1. The van der Waals surface area contributed by atoms with E-state index in [9.17, 15) is 9.59 Å². The summed E-state index contributed by atoms with van der Waals surface area (Å²) in [5.41, 5.74) is 4.17. The average Bonchev–Trinajstić information content (AvgIpc) is 3.11. The van der Waals surface area contributed by atoms with E-state index >= 15 is 0 Å². The van der Waals surface area contributed by atoms with E-state index in [1.165, 1.54) is 11.4 Å². The lowest BCUT2D eigenvalue weighted by molar-refractivity contribution is -0.129. The smallest absolute Gasteiger partial charge is 0.229 e. The maximum atomic E-state index is 12.5. The largest absolute Gasteiger partial charge is 0.339 e. The van der Waals surface area contributed by atoms with Crippen molar-refractivity contribution in [3.63, 3.8) is 0 Å². The summed E-state index contributed by atoms with van der Waals surface area (Å²) >= 11 is 0. The lowest BCUT2D eigenvalue weighted by Crippen LogP contribution is -2.33. The van der Waals surface area contributed by atoms with Crippen molar-refractivity contribution in [2.45, 2.75) is 40.2 Å². The number of benzene rings is 1. The van der Waals surface area contributed by atoms with Crippen molar-refractivity contribution in [3.8, 4) is 5.69 Å². The molecule has 0 spiro atoms. The number of nitrogens with zero attached hydrogens (tertiary/aromatic N) is 2. The standard InChI is InChI=1S/C20H25N3O2/c1-13(2)22-12-16(11-19(22)24)20(25)21-17-7-9-18(10-8-17)23-14(3)5-6-15(23)4/h5-10,13,16H,11-12H2,1-4H3,(H,21,25)/t16-/m0/s1. The Morgan fingerprint density at radius 1 is 1.08 bits per heavy atom. The van der Waals surface area contributed by atoms with Gasteiger partial charge in [0.1, 0.15) is 0 Å². The van der Waals surface area contributed by atoms with Gasteiger partial charge >= 0.3 is 0 Å². The summed E-state index contributed by atoms with van der Waals surface area (Å²) < 4.78 is 2.17. The molecule has 25 heavy (non-hydrogen) atoms. The quantitative estimate of drug-likeness (QED) is 0.929. The normalized spacial score (nSPS) is 17.4. The van der Waals surface area contributed by atoms with Gasteiger partial charge in [-0.25, -0.2) is 0 Å². The molecule has 3 rings (SSSR count).